The number of rotatable bonds is 0. The van der Waals surface area contributed by atoms with E-state index in [2.05, 4.69) is 0 Å². The van der Waals surface area contributed by atoms with Crippen LogP contribution in [-0.4, -0.2) is 0 Å². The third-order valence-corrected chi connectivity index (χ3v) is 0. The van der Waals surface area contributed by atoms with E-state index in [1.165, 1.54) is 0 Å². The Hall–Kier alpha value is 1.28. The fourth-order valence-corrected chi connectivity index (χ4v) is 0. The summed E-state index contributed by atoms with van der Waals surface area (Å²) in [5.41, 5.74) is 0. The first kappa shape index (κ1) is 107. The van der Waals surface area contributed by atoms with Crippen LogP contribution in [0.25, 0.3) is 0 Å². The van der Waals surface area contributed by atoms with Crippen molar-refractivity contribution in [1.29, 1.82) is 0 Å². The summed E-state index contributed by atoms with van der Waals surface area (Å²) in [5.74, 6) is 0. The van der Waals surface area contributed by atoms with E-state index in [0.717, 1.165) is 0 Å². The van der Waals surface area contributed by atoms with Crippen molar-refractivity contribution in [3.63, 3.8) is 0 Å². The van der Waals surface area contributed by atoms with Gasteiger partial charge in [-0.1, -0.05) is 0 Å². The Morgan fingerprint density at radius 1 is 0.600 bits per heavy atom. The van der Waals surface area contributed by atoms with E-state index in [0.29, 0.717) is 0 Å². The smallest absolute Gasteiger partial charge is 2.00 e. The second-order valence-electron chi connectivity index (χ2n) is 0. The van der Waals surface area contributed by atoms with Crippen LogP contribution in [-0.2, 0) is 59.7 Å². The molecule has 0 unspecified atom stereocenters. The molecule has 0 heterocycles. The van der Waals surface area contributed by atoms with Crippen LogP contribution in [0.2, 0.25) is 0 Å². The Labute approximate surface area is 59.7 Å². The first-order chi connectivity index (χ1) is 0. The van der Waals surface area contributed by atoms with Gasteiger partial charge in [0.1, 0.15) is 0 Å². The van der Waals surface area contributed by atoms with Crippen LogP contribution in [0.4, 0.5) is 0 Å². The van der Waals surface area contributed by atoms with Crippen molar-refractivity contribution in [3.8, 4) is 0 Å². The number of hydrogen-bond acceptors (Lipinski definition) is 0. The molecular weight excluding hydrogens is 203 g/mol. The van der Waals surface area contributed by atoms with Crippen LogP contribution in [0.5, 0.6) is 0 Å². The normalized spacial score (nSPS) is 0. The van der Waals surface area contributed by atoms with Crippen LogP contribution in [0.1, 0.15) is 0 Å². The van der Waals surface area contributed by atoms with Gasteiger partial charge in [0.2, 0.25) is 0 Å². The van der Waals surface area contributed by atoms with Gasteiger partial charge in [0.15, 0.2) is 0 Å². The monoisotopic (exact) mass is 201 g/mol. The molecule has 0 bridgehead atoms. The summed E-state index contributed by atoms with van der Waals surface area (Å²) in [4.78, 5) is 0. The Bertz CT molecular complexity index is 6.85. The van der Waals surface area contributed by atoms with E-state index in [4.69, 9.17) is 0 Å². The summed E-state index contributed by atoms with van der Waals surface area (Å²) in [6, 6.07) is 0. The molecule has 0 aliphatic rings. The van der Waals surface area contributed by atoms with E-state index in [1.807, 2.05) is 0 Å². The van der Waals surface area contributed by atoms with Gasteiger partial charge in [-0.25, -0.2) is 0 Å². The predicted molar refractivity (Wildman–Crippen MR) is 2.06 cm³/mol. The topological polar surface area (TPSA) is 85.5 Å². The quantitative estimate of drug-likeness (QED) is 0.481. The van der Waals surface area contributed by atoms with Crippen molar-refractivity contribution in [2.45, 2.75) is 0 Å². The molecule has 0 saturated heterocycles. The molecule has 0 fully saturated rings. The zero-order chi connectivity index (χ0) is 0. The molecule has 0 amide bonds. The molecule has 0 aromatic heterocycles. The van der Waals surface area contributed by atoms with Gasteiger partial charge in [0.05, 0.1) is 0 Å². The van der Waals surface area contributed by atoms with Gasteiger partial charge in [0.25, 0.3) is 0 Å². The Morgan fingerprint density at radius 2 is 0.600 bits per heavy atom. The SMILES string of the molecule is [Cu+2].[O-2].[O-2].[O-2].[Zr+4]. The second-order valence-corrected chi connectivity index (χ2v) is 0. The molecule has 5 heavy (non-hydrogen) atoms. The Kier molecular flexibility index (Phi) is 1260. The largest absolute Gasteiger partial charge is 4.00 e. The maximum absolute atomic E-state index is 0. The van der Waals surface area contributed by atoms with Crippen LogP contribution in [0.3, 0.4) is 0 Å². The molecule has 0 aliphatic carbocycles. The van der Waals surface area contributed by atoms with Gasteiger partial charge in [-0.05, 0) is 0 Å². The maximum Gasteiger partial charge on any atom is 4.00 e. The number of hydrogen-bond donors (Lipinski definition) is 0. The van der Waals surface area contributed by atoms with Crippen LogP contribution in [0, 0.1) is 0 Å². The van der Waals surface area contributed by atoms with Gasteiger partial charge in [-0.3, -0.25) is 0 Å². The van der Waals surface area contributed by atoms with Gasteiger partial charge in [-0.2, -0.15) is 0 Å². The van der Waals surface area contributed by atoms with E-state index < -0.39 is 0 Å². The molecular formula is CuO3Zr. The minimum absolute atomic E-state index is 0. The van der Waals surface area contributed by atoms with Gasteiger partial charge in [0, 0.05) is 0 Å². The fourth-order valence-electron chi connectivity index (χ4n) is 0. The third kappa shape index (κ3) is 34.6. The average Bonchev–Trinajstić information content (AvgIpc) is 0. The van der Waals surface area contributed by atoms with Crippen molar-refractivity contribution in [3.05, 3.63) is 0 Å². The summed E-state index contributed by atoms with van der Waals surface area (Å²) >= 11 is 0. The van der Waals surface area contributed by atoms with E-state index in [1.54, 1.807) is 0 Å². The Balaban J connectivity index is 0. The van der Waals surface area contributed by atoms with Crippen LogP contribution >= 0.6 is 0 Å². The third-order valence-electron chi connectivity index (χ3n) is 0. The van der Waals surface area contributed by atoms with Crippen molar-refractivity contribution >= 4 is 0 Å². The standard InChI is InChI=1S/Cu.3O.Zr/q+2;3*-2;+4. The molecule has 33 valence electrons. The zero-order valence-electron chi connectivity index (χ0n) is 2.03. The van der Waals surface area contributed by atoms with Gasteiger partial charge >= 0.3 is 43.3 Å². The molecule has 0 N–H and O–H groups in total. The molecule has 1 radical (unpaired) electrons. The fraction of sp³-hybridized carbons (Fsp3) is 0. The van der Waals surface area contributed by atoms with Crippen molar-refractivity contribution < 1.29 is 59.7 Å². The first-order valence-corrected chi connectivity index (χ1v) is 0. The van der Waals surface area contributed by atoms with Gasteiger partial charge < -0.3 is 16.4 Å². The summed E-state index contributed by atoms with van der Waals surface area (Å²) in [6.45, 7) is 0. The van der Waals surface area contributed by atoms with E-state index in [9.17, 15) is 0 Å². The van der Waals surface area contributed by atoms with Crippen molar-refractivity contribution in [2.75, 3.05) is 0 Å². The molecule has 0 saturated carbocycles. The predicted octanol–water partition coefficient (Wildman–Crippen LogP) is -0.361. The van der Waals surface area contributed by atoms with Crippen molar-refractivity contribution in [2.24, 2.45) is 0 Å². The Morgan fingerprint density at radius 3 is 0.600 bits per heavy atom. The molecule has 0 aliphatic heterocycles. The minimum atomic E-state index is 0. The molecule has 0 aromatic rings. The van der Waals surface area contributed by atoms with E-state index in [-0.39, 0.29) is 59.7 Å². The van der Waals surface area contributed by atoms with Crippen LogP contribution < -0.4 is 0 Å². The van der Waals surface area contributed by atoms with E-state index >= 15 is 0 Å². The average molecular weight is 203 g/mol. The molecule has 0 spiro atoms. The molecule has 0 aromatic carbocycles. The molecule has 5 heteroatoms. The van der Waals surface area contributed by atoms with Gasteiger partial charge in [-0.15, -0.1) is 0 Å². The van der Waals surface area contributed by atoms with Crippen LogP contribution in [0.15, 0.2) is 0 Å². The summed E-state index contributed by atoms with van der Waals surface area (Å²) < 4.78 is 0. The summed E-state index contributed by atoms with van der Waals surface area (Å²) in [6.07, 6.45) is 0. The van der Waals surface area contributed by atoms with Crippen molar-refractivity contribution in [1.82, 2.24) is 0 Å². The molecule has 0 rings (SSSR count). The first-order valence-electron chi connectivity index (χ1n) is 0. The molecule has 0 atom stereocenters. The maximum atomic E-state index is 0. The zero-order valence-corrected chi connectivity index (χ0v) is 5.43. The summed E-state index contributed by atoms with van der Waals surface area (Å²) in [5, 5.41) is 0. The summed E-state index contributed by atoms with van der Waals surface area (Å²) in [7, 11) is 0. The second kappa shape index (κ2) is 58.9. The molecule has 3 nitrogen and oxygen atoms in total. The minimum Gasteiger partial charge on any atom is -2.00 e.